The molecule has 0 spiro atoms. The van der Waals surface area contributed by atoms with E-state index in [2.05, 4.69) is 11.6 Å². The zero-order chi connectivity index (χ0) is 12.6. The normalized spacial score (nSPS) is 24.2. The van der Waals surface area contributed by atoms with Crippen LogP contribution in [0.4, 0.5) is 0 Å². The first-order valence-corrected chi connectivity index (χ1v) is 5.29. The van der Waals surface area contributed by atoms with Gasteiger partial charge in [0, 0.05) is 18.2 Å². The van der Waals surface area contributed by atoms with Gasteiger partial charge >= 0.3 is 5.69 Å². The van der Waals surface area contributed by atoms with Gasteiger partial charge in [-0.15, -0.1) is 0 Å². The monoisotopic (exact) mass is 238 g/mol. The van der Waals surface area contributed by atoms with Gasteiger partial charge in [0.1, 0.15) is 12.3 Å². The molecule has 2 atom stereocenters. The molecule has 1 aromatic rings. The first kappa shape index (κ1) is 11.8. The van der Waals surface area contributed by atoms with Crippen molar-refractivity contribution in [2.45, 2.75) is 25.7 Å². The molecular weight excluding hydrogens is 224 g/mol. The second kappa shape index (κ2) is 4.31. The minimum absolute atomic E-state index is 0.160. The van der Waals surface area contributed by atoms with Crippen LogP contribution in [-0.4, -0.2) is 27.4 Å². The van der Waals surface area contributed by atoms with Crippen molar-refractivity contribution in [3.63, 3.8) is 0 Å². The molecule has 1 aromatic heterocycles. The predicted molar refractivity (Wildman–Crippen MR) is 60.8 cm³/mol. The SMILES string of the molecule is C=C1C[C@H](n2cc(C)c(=O)[nH]c2=O)O[C@@H]1CO. The predicted octanol–water partition coefficient (Wildman–Crippen LogP) is -0.319. The Morgan fingerprint density at radius 3 is 2.94 bits per heavy atom. The lowest BCUT2D eigenvalue weighted by Crippen LogP contribution is -2.33. The molecule has 6 nitrogen and oxygen atoms in total. The van der Waals surface area contributed by atoms with Gasteiger partial charge in [0.15, 0.2) is 0 Å². The first-order chi connectivity index (χ1) is 8.02. The maximum absolute atomic E-state index is 11.6. The van der Waals surface area contributed by atoms with E-state index in [0.29, 0.717) is 12.0 Å². The number of rotatable bonds is 2. The Labute approximate surface area is 97.2 Å². The van der Waals surface area contributed by atoms with E-state index in [1.165, 1.54) is 10.8 Å². The van der Waals surface area contributed by atoms with Gasteiger partial charge in [-0.25, -0.2) is 4.79 Å². The van der Waals surface area contributed by atoms with Crippen molar-refractivity contribution in [2.75, 3.05) is 6.61 Å². The molecule has 2 rings (SSSR count). The fraction of sp³-hybridized carbons (Fsp3) is 0.455. The van der Waals surface area contributed by atoms with Crippen LogP contribution in [-0.2, 0) is 4.74 Å². The Kier molecular flexibility index (Phi) is 2.99. The summed E-state index contributed by atoms with van der Waals surface area (Å²) >= 11 is 0. The van der Waals surface area contributed by atoms with Crippen LogP contribution in [0, 0.1) is 6.92 Å². The van der Waals surface area contributed by atoms with Gasteiger partial charge in [0.25, 0.3) is 5.56 Å². The highest BCUT2D eigenvalue weighted by Gasteiger charge is 2.30. The number of nitrogens with zero attached hydrogens (tertiary/aromatic N) is 1. The Balaban J connectivity index is 2.37. The molecule has 92 valence electrons. The van der Waals surface area contributed by atoms with E-state index in [9.17, 15) is 9.59 Å². The summed E-state index contributed by atoms with van der Waals surface area (Å²) in [5.74, 6) is 0. The van der Waals surface area contributed by atoms with Gasteiger partial charge in [-0.3, -0.25) is 14.3 Å². The van der Waals surface area contributed by atoms with Gasteiger partial charge in [-0.1, -0.05) is 6.58 Å². The molecule has 0 bridgehead atoms. The number of aliphatic hydroxyl groups excluding tert-OH is 1. The van der Waals surface area contributed by atoms with Crippen LogP contribution >= 0.6 is 0 Å². The average molecular weight is 238 g/mol. The fourth-order valence-electron chi connectivity index (χ4n) is 1.83. The van der Waals surface area contributed by atoms with E-state index in [0.717, 1.165) is 5.57 Å². The lowest BCUT2D eigenvalue weighted by Gasteiger charge is -2.14. The highest BCUT2D eigenvalue weighted by Crippen LogP contribution is 2.30. The Morgan fingerprint density at radius 1 is 1.65 bits per heavy atom. The van der Waals surface area contributed by atoms with E-state index in [4.69, 9.17) is 9.84 Å². The molecule has 6 heteroatoms. The number of nitrogens with one attached hydrogen (secondary N) is 1. The molecule has 1 aliphatic rings. The summed E-state index contributed by atoms with van der Waals surface area (Å²) in [5, 5.41) is 9.04. The van der Waals surface area contributed by atoms with Gasteiger partial charge < -0.3 is 9.84 Å². The molecule has 1 aliphatic heterocycles. The van der Waals surface area contributed by atoms with E-state index < -0.39 is 23.6 Å². The number of aromatic nitrogens is 2. The number of H-pyrrole nitrogens is 1. The molecule has 17 heavy (non-hydrogen) atoms. The van der Waals surface area contributed by atoms with Crippen molar-refractivity contribution in [1.82, 2.24) is 9.55 Å². The fourth-order valence-corrected chi connectivity index (χ4v) is 1.83. The summed E-state index contributed by atoms with van der Waals surface area (Å²) in [6.45, 7) is 5.23. The molecule has 0 aromatic carbocycles. The van der Waals surface area contributed by atoms with Crippen LogP contribution in [0.5, 0.6) is 0 Å². The van der Waals surface area contributed by atoms with Crippen LogP contribution in [0.3, 0.4) is 0 Å². The molecule has 1 saturated heterocycles. The van der Waals surface area contributed by atoms with Gasteiger partial charge in [-0.2, -0.15) is 0 Å². The molecule has 2 heterocycles. The van der Waals surface area contributed by atoms with Crippen molar-refractivity contribution < 1.29 is 9.84 Å². The van der Waals surface area contributed by atoms with Crippen LogP contribution in [0.15, 0.2) is 27.9 Å². The Bertz CT molecular complexity index is 557. The smallest absolute Gasteiger partial charge is 0.330 e. The van der Waals surface area contributed by atoms with Crippen molar-refractivity contribution in [3.8, 4) is 0 Å². The summed E-state index contributed by atoms with van der Waals surface area (Å²) < 4.78 is 6.79. The van der Waals surface area contributed by atoms with Crippen LogP contribution in [0.2, 0.25) is 0 Å². The van der Waals surface area contributed by atoms with Crippen LogP contribution < -0.4 is 11.2 Å². The van der Waals surface area contributed by atoms with Crippen LogP contribution in [0.1, 0.15) is 18.2 Å². The first-order valence-electron chi connectivity index (χ1n) is 5.29. The third-order valence-corrected chi connectivity index (χ3v) is 2.84. The van der Waals surface area contributed by atoms with Crippen molar-refractivity contribution in [1.29, 1.82) is 0 Å². The topological polar surface area (TPSA) is 84.3 Å². The standard InChI is InChI=1S/C11H14N2O4/c1-6-3-9(17-8(6)5-14)13-4-7(2)10(15)12-11(13)16/h4,8-9,14H,1,3,5H2,2H3,(H,12,15,16)/t8-,9-/m1/s1. The summed E-state index contributed by atoms with van der Waals surface area (Å²) in [6, 6.07) is 0. The van der Waals surface area contributed by atoms with E-state index >= 15 is 0 Å². The van der Waals surface area contributed by atoms with Crippen LogP contribution in [0.25, 0.3) is 0 Å². The maximum Gasteiger partial charge on any atom is 0.330 e. The van der Waals surface area contributed by atoms with Crippen molar-refractivity contribution in [2.24, 2.45) is 0 Å². The van der Waals surface area contributed by atoms with Crippen molar-refractivity contribution in [3.05, 3.63) is 44.8 Å². The van der Waals surface area contributed by atoms with Crippen molar-refractivity contribution >= 4 is 0 Å². The van der Waals surface area contributed by atoms with Gasteiger partial charge in [0.05, 0.1) is 6.61 Å². The highest BCUT2D eigenvalue weighted by molar-refractivity contribution is 5.10. The zero-order valence-electron chi connectivity index (χ0n) is 9.47. The molecule has 0 unspecified atom stereocenters. The number of ether oxygens (including phenoxy) is 1. The molecule has 1 fully saturated rings. The van der Waals surface area contributed by atoms with E-state index in [1.54, 1.807) is 6.92 Å². The number of hydrogen-bond donors (Lipinski definition) is 2. The van der Waals surface area contributed by atoms with Gasteiger partial charge in [-0.05, 0) is 12.5 Å². The third kappa shape index (κ3) is 2.09. The lowest BCUT2D eigenvalue weighted by molar-refractivity contribution is -0.0189. The molecule has 0 radical (unpaired) electrons. The van der Waals surface area contributed by atoms with E-state index in [1.807, 2.05) is 0 Å². The molecular formula is C11H14N2O4. The third-order valence-electron chi connectivity index (χ3n) is 2.84. The average Bonchev–Trinajstić information content (AvgIpc) is 2.65. The Morgan fingerprint density at radius 2 is 2.35 bits per heavy atom. The molecule has 0 aliphatic carbocycles. The Hall–Kier alpha value is -1.66. The second-order valence-electron chi connectivity index (χ2n) is 4.10. The second-order valence-corrected chi connectivity index (χ2v) is 4.10. The number of aryl methyl sites for hydroxylation is 1. The zero-order valence-corrected chi connectivity index (χ0v) is 9.47. The number of aromatic amines is 1. The minimum Gasteiger partial charge on any atom is -0.393 e. The van der Waals surface area contributed by atoms with Gasteiger partial charge in [0.2, 0.25) is 0 Å². The number of aliphatic hydroxyl groups is 1. The summed E-state index contributed by atoms with van der Waals surface area (Å²) in [6.07, 6.45) is 0.956. The lowest BCUT2D eigenvalue weighted by atomic mass is 10.1. The molecule has 0 amide bonds. The number of hydrogen-bond acceptors (Lipinski definition) is 4. The largest absolute Gasteiger partial charge is 0.393 e. The maximum atomic E-state index is 11.6. The minimum atomic E-state index is -0.517. The molecule has 2 N–H and O–H groups in total. The summed E-state index contributed by atoms with van der Waals surface area (Å²) in [4.78, 5) is 25.1. The molecule has 0 saturated carbocycles. The van der Waals surface area contributed by atoms with E-state index in [-0.39, 0.29) is 6.61 Å². The quantitative estimate of drug-likeness (QED) is 0.692. The highest BCUT2D eigenvalue weighted by atomic mass is 16.5. The summed E-state index contributed by atoms with van der Waals surface area (Å²) in [7, 11) is 0. The summed E-state index contributed by atoms with van der Waals surface area (Å²) in [5.41, 5.74) is 0.262.